The summed E-state index contributed by atoms with van der Waals surface area (Å²) in [6.45, 7) is 4.78. The van der Waals surface area contributed by atoms with Crippen LogP contribution in [0.25, 0.3) is 0 Å². The zero-order chi connectivity index (χ0) is 13.8. The number of rotatable bonds is 3. The van der Waals surface area contributed by atoms with E-state index >= 15 is 0 Å². The summed E-state index contributed by atoms with van der Waals surface area (Å²) in [5, 5.41) is 5.81. The first-order chi connectivity index (χ1) is 9.06. The topological polar surface area (TPSA) is 44.4 Å². The molecule has 0 aromatic heterocycles. The number of anilines is 1. The zero-order valence-corrected chi connectivity index (χ0v) is 12.0. The first-order valence-electron chi connectivity index (χ1n) is 6.26. The molecule has 1 amide bonds. The highest BCUT2D eigenvalue weighted by Gasteiger charge is 2.20. The molecule has 0 unspecified atom stereocenters. The molecule has 1 fully saturated rings. The molecule has 1 heterocycles. The van der Waals surface area contributed by atoms with Crippen molar-refractivity contribution in [1.82, 2.24) is 10.2 Å². The van der Waals surface area contributed by atoms with E-state index in [0.29, 0.717) is 0 Å². The van der Waals surface area contributed by atoms with Crippen LogP contribution < -0.4 is 10.6 Å². The monoisotopic (exact) mass is 305 g/mol. The number of hydrogen-bond acceptors (Lipinski definition) is 3. The van der Waals surface area contributed by atoms with Crippen molar-refractivity contribution in [1.29, 1.82) is 0 Å². The van der Waals surface area contributed by atoms with E-state index in [-0.39, 0.29) is 36.6 Å². The van der Waals surface area contributed by atoms with Crippen LogP contribution >= 0.6 is 12.4 Å². The largest absolute Gasteiger partial charge is 0.325 e. The number of halogens is 3. The minimum Gasteiger partial charge on any atom is -0.325 e. The highest BCUT2D eigenvalue weighted by atomic mass is 35.5. The number of nitrogens with one attached hydrogen (secondary N) is 2. The van der Waals surface area contributed by atoms with Gasteiger partial charge in [0.15, 0.2) is 11.6 Å². The van der Waals surface area contributed by atoms with Crippen LogP contribution in [0.15, 0.2) is 18.2 Å². The summed E-state index contributed by atoms with van der Waals surface area (Å²) in [6.07, 6.45) is 0. The summed E-state index contributed by atoms with van der Waals surface area (Å²) in [7, 11) is 0. The highest BCUT2D eigenvalue weighted by Crippen LogP contribution is 2.13. The average Bonchev–Trinajstić information content (AvgIpc) is 2.37. The number of piperazine rings is 1. The minimum absolute atomic E-state index is 0. The van der Waals surface area contributed by atoms with E-state index < -0.39 is 11.6 Å². The van der Waals surface area contributed by atoms with Gasteiger partial charge in [0.2, 0.25) is 5.91 Å². The molecule has 0 spiro atoms. The van der Waals surface area contributed by atoms with Crippen LogP contribution in [0.4, 0.5) is 14.5 Å². The van der Waals surface area contributed by atoms with Gasteiger partial charge in [0.05, 0.1) is 6.54 Å². The first-order valence-corrected chi connectivity index (χ1v) is 6.26. The van der Waals surface area contributed by atoms with Gasteiger partial charge in [-0.1, -0.05) is 0 Å². The molecule has 4 nitrogen and oxygen atoms in total. The Bertz CT molecular complexity index is 473. The van der Waals surface area contributed by atoms with Crippen LogP contribution in [0.2, 0.25) is 0 Å². The van der Waals surface area contributed by atoms with Crippen molar-refractivity contribution >= 4 is 24.0 Å². The van der Waals surface area contributed by atoms with Gasteiger partial charge in [-0.25, -0.2) is 8.78 Å². The number of carbonyl (C=O) groups excluding carboxylic acids is 1. The van der Waals surface area contributed by atoms with Gasteiger partial charge < -0.3 is 10.6 Å². The van der Waals surface area contributed by atoms with Crippen LogP contribution in [-0.2, 0) is 4.79 Å². The maximum atomic E-state index is 13.0. The van der Waals surface area contributed by atoms with Crippen molar-refractivity contribution in [3.05, 3.63) is 29.8 Å². The molecular weight excluding hydrogens is 288 g/mol. The van der Waals surface area contributed by atoms with Crippen molar-refractivity contribution in [3.8, 4) is 0 Å². The summed E-state index contributed by atoms with van der Waals surface area (Å²) in [5.74, 6) is -2.11. The lowest BCUT2D eigenvalue weighted by Gasteiger charge is -2.33. The molecule has 7 heteroatoms. The van der Waals surface area contributed by atoms with Crippen molar-refractivity contribution in [3.63, 3.8) is 0 Å². The third kappa shape index (κ3) is 4.40. The Balaban J connectivity index is 0.00000200. The lowest BCUT2D eigenvalue weighted by Crippen LogP contribution is -2.51. The fourth-order valence-electron chi connectivity index (χ4n) is 2.08. The van der Waals surface area contributed by atoms with E-state index in [1.165, 1.54) is 6.07 Å². The normalized spacial score (nSPS) is 19.2. The lowest BCUT2D eigenvalue weighted by atomic mass is 10.2. The Kier molecular flexibility index (Phi) is 6.32. The molecule has 0 radical (unpaired) electrons. The second kappa shape index (κ2) is 7.52. The van der Waals surface area contributed by atoms with Crippen LogP contribution in [0.3, 0.4) is 0 Å². The van der Waals surface area contributed by atoms with E-state index in [0.717, 1.165) is 31.8 Å². The van der Waals surface area contributed by atoms with Crippen LogP contribution in [0, 0.1) is 11.6 Å². The molecule has 0 bridgehead atoms. The van der Waals surface area contributed by atoms with Crippen LogP contribution in [0.1, 0.15) is 6.92 Å². The molecule has 0 aliphatic carbocycles. The van der Waals surface area contributed by atoms with E-state index in [4.69, 9.17) is 0 Å². The van der Waals surface area contributed by atoms with Crippen molar-refractivity contribution in [2.45, 2.75) is 13.0 Å². The Morgan fingerprint density at radius 1 is 1.45 bits per heavy atom. The number of nitrogens with zero attached hydrogens (tertiary/aromatic N) is 1. The molecule has 1 aromatic rings. The molecule has 2 rings (SSSR count). The molecule has 1 saturated heterocycles. The van der Waals surface area contributed by atoms with Gasteiger partial charge in [0, 0.05) is 37.4 Å². The van der Waals surface area contributed by atoms with Gasteiger partial charge >= 0.3 is 0 Å². The molecule has 1 aromatic carbocycles. The predicted molar refractivity (Wildman–Crippen MR) is 76.1 cm³/mol. The summed E-state index contributed by atoms with van der Waals surface area (Å²) >= 11 is 0. The van der Waals surface area contributed by atoms with Gasteiger partial charge in [0.25, 0.3) is 0 Å². The summed E-state index contributed by atoms with van der Waals surface area (Å²) < 4.78 is 25.8. The number of carbonyl (C=O) groups is 1. The minimum atomic E-state index is -0.964. The van der Waals surface area contributed by atoms with Gasteiger partial charge in [-0.05, 0) is 19.1 Å². The van der Waals surface area contributed by atoms with Crippen molar-refractivity contribution in [2.24, 2.45) is 0 Å². The molecule has 112 valence electrons. The van der Waals surface area contributed by atoms with Gasteiger partial charge in [0.1, 0.15) is 0 Å². The summed E-state index contributed by atoms with van der Waals surface area (Å²) in [6, 6.07) is 3.61. The van der Waals surface area contributed by atoms with Crippen molar-refractivity contribution in [2.75, 3.05) is 31.5 Å². The summed E-state index contributed by atoms with van der Waals surface area (Å²) in [4.78, 5) is 13.9. The number of benzene rings is 1. The molecule has 2 N–H and O–H groups in total. The fraction of sp³-hybridized carbons (Fsp3) is 0.462. The predicted octanol–water partition coefficient (Wildman–Crippen LogP) is 1.62. The Morgan fingerprint density at radius 2 is 2.20 bits per heavy atom. The molecule has 1 aliphatic rings. The smallest absolute Gasteiger partial charge is 0.238 e. The van der Waals surface area contributed by atoms with Crippen LogP contribution in [-0.4, -0.2) is 43.0 Å². The Hall–Kier alpha value is -1.24. The SMILES string of the molecule is C[C@@H]1CNCCN1CC(=O)Nc1ccc(F)c(F)c1.Cl. The molecule has 1 atom stereocenters. The zero-order valence-electron chi connectivity index (χ0n) is 11.2. The third-order valence-electron chi connectivity index (χ3n) is 3.19. The summed E-state index contributed by atoms with van der Waals surface area (Å²) in [5.41, 5.74) is 0.270. The second-order valence-corrected chi connectivity index (χ2v) is 4.70. The van der Waals surface area contributed by atoms with Crippen LogP contribution in [0.5, 0.6) is 0 Å². The molecule has 20 heavy (non-hydrogen) atoms. The third-order valence-corrected chi connectivity index (χ3v) is 3.19. The maximum Gasteiger partial charge on any atom is 0.238 e. The van der Waals surface area contributed by atoms with Gasteiger partial charge in [-0.2, -0.15) is 0 Å². The van der Waals surface area contributed by atoms with Gasteiger partial charge in [-0.15, -0.1) is 12.4 Å². The number of hydrogen-bond donors (Lipinski definition) is 2. The lowest BCUT2D eigenvalue weighted by molar-refractivity contribution is -0.118. The molecule has 1 aliphatic heterocycles. The highest BCUT2D eigenvalue weighted by molar-refractivity contribution is 5.92. The standard InChI is InChI=1S/C13H17F2N3O.ClH/c1-9-7-16-4-5-18(9)8-13(19)17-10-2-3-11(14)12(15)6-10;/h2-3,6,9,16H,4-5,7-8H2,1H3,(H,17,19);1H/t9-;/m1./s1. The first kappa shape index (κ1) is 16.8. The Morgan fingerprint density at radius 3 is 2.85 bits per heavy atom. The van der Waals surface area contributed by atoms with E-state index in [1.54, 1.807) is 0 Å². The van der Waals surface area contributed by atoms with E-state index in [1.807, 2.05) is 11.8 Å². The average molecular weight is 306 g/mol. The fourth-order valence-corrected chi connectivity index (χ4v) is 2.08. The van der Waals surface area contributed by atoms with E-state index in [9.17, 15) is 13.6 Å². The Labute approximate surface area is 122 Å². The molecule has 0 saturated carbocycles. The quantitative estimate of drug-likeness (QED) is 0.892. The maximum absolute atomic E-state index is 13.0. The molecular formula is C13H18ClF2N3O. The van der Waals surface area contributed by atoms with Gasteiger partial charge in [-0.3, -0.25) is 9.69 Å². The van der Waals surface area contributed by atoms with E-state index in [2.05, 4.69) is 10.6 Å². The number of amides is 1. The second-order valence-electron chi connectivity index (χ2n) is 4.70. The van der Waals surface area contributed by atoms with Crippen molar-refractivity contribution < 1.29 is 13.6 Å².